The maximum atomic E-state index is 11.8. The van der Waals surface area contributed by atoms with Crippen molar-refractivity contribution >= 4 is 5.91 Å². The van der Waals surface area contributed by atoms with Gasteiger partial charge in [0.25, 0.3) is 0 Å². The van der Waals surface area contributed by atoms with Gasteiger partial charge < -0.3 is 10.6 Å². The summed E-state index contributed by atoms with van der Waals surface area (Å²) >= 11 is 0. The molecule has 6 heteroatoms. The van der Waals surface area contributed by atoms with Crippen molar-refractivity contribution in [1.29, 1.82) is 0 Å². The van der Waals surface area contributed by atoms with E-state index in [1.54, 1.807) is 13.8 Å². The van der Waals surface area contributed by atoms with Crippen molar-refractivity contribution in [3.05, 3.63) is 0 Å². The highest BCUT2D eigenvalue weighted by Gasteiger charge is 2.27. The fraction of sp³-hybridized carbons (Fsp3) is 0.909. The van der Waals surface area contributed by atoms with Gasteiger partial charge in [-0.15, -0.1) is 0 Å². The number of hydrogen-bond donors (Lipinski definition) is 2. The molecule has 0 saturated heterocycles. The third kappa shape index (κ3) is 8.01. The Balaban J connectivity index is 3.72. The number of alkyl halides is 3. The predicted molar refractivity (Wildman–Crippen MR) is 60.7 cm³/mol. The van der Waals surface area contributed by atoms with E-state index in [0.29, 0.717) is 13.0 Å². The van der Waals surface area contributed by atoms with Gasteiger partial charge in [0.15, 0.2) is 0 Å². The summed E-state index contributed by atoms with van der Waals surface area (Å²) in [7, 11) is 0. The first kappa shape index (κ1) is 16.2. The van der Waals surface area contributed by atoms with Crippen molar-refractivity contribution in [2.24, 2.45) is 0 Å². The highest BCUT2D eigenvalue weighted by molar-refractivity contribution is 5.85. The number of nitrogens with one attached hydrogen (secondary N) is 2. The number of carbonyl (C=O) groups excluding carboxylic acids is 1. The fourth-order valence-electron chi connectivity index (χ4n) is 1.40. The molecule has 0 atom stereocenters. The summed E-state index contributed by atoms with van der Waals surface area (Å²) < 4.78 is 35.5. The first-order valence-electron chi connectivity index (χ1n) is 5.79. The second-order valence-electron chi connectivity index (χ2n) is 4.48. The zero-order valence-electron chi connectivity index (χ0n) is 10.6. The molecule has 0 spiro atoms. The van der Waals surface area contributed by atoms with Crippen LogP contribution in [0.4, 0.5) is 13.2 Å². The predicted octanol–water partition coefficient (Wildman–Crippen LogP) is 2.22. The second-order valence-corrected chi connectivity index (χ2v) is 4.48. The standard InChI is InChI=1S/C11H21F3N2O/c1-4-16-10(2,3)9(17)15-8-6-5-7-11(12,13)14/h16H,4-8H2,1-3H3,(H,15,17). The molecule has 3 nitrogen and oxygen atoms in total. The Labute approximate surface area is 100 Å². The van der Waals surface area contributed by atoms with Crippen molar-refractivity contribution in [2.45, 2.75) is 51.7 Å². The number of carbonyl (C=O) groups is 1. The smallest absolute Gasteiger partial charge is 0.355 e. The number of unbranched alkanes of at least 4 members (excludes halogenated alkanes) is 1. The summed E-state index contributed by atoms with van der Waals surface area (Å²) in [5.41, 5.74) is -0.682. The first-order valence-corrected chi connectivity index (χ1v) is 5.79. The van der Waals surface area contributed by atoms with Crippen molar-refractivity contribution in [2.75, 3.05) is 13.1 Å². The quantitative estimate of drug-likeness (QED) is 0.684. The Kier molecular flexibility index (Phi) is 6.52. The van der Waals surface area contributed by atoms with Crippen LogP contribution in [0.3, 0.4) is 0 Å². The lowest BCUT2D eigenvalue weighted by Crippen LogP contribution is -2.52. The molecule has 0 aliphatic carbocycles. The van der Waals surface area contributed by atoms with Gasteiger partial charge in [-0.3, -0.25) is 4.79 Å². The van der Waals surface area contributed by atoms with E-state index in [1.165, 1.54) is 0 Å². The van der Waals surface area contributed by atoms with Gasteiger partial charge in [-0.1, -0.05) is 6.92 Å². The Hall–Kier alpha value is -0.780. The highest BCUT2D eigenvalue weighted by Crippen LogP contribution is 2.21. The fourth-order valence-corrected chi connectivity index (χ4v) is 1.40. The van der Waals surface area contributed by atoms with Crippen LogP contribution in [0.1, 0.15) is 40.0 Å². The lowest BCUT2D eigenvalue weighted by Gasteiger charge is -2.24. The molecule has 0 aromatic heterocycles. The SMILES string of the molecule is CCNC(C)(C)C(=O)NCCCCC(F)(F)F. The molecule has 0 heterocycles. The molecule has 0 unspecified atom stereocenters. The van der Waals surface area contributed by atoms with Crippen molar-refractivity contribution in [3.8, 4) is 0 Å². The van der Waals surface area contributed by atoms with E-state index in [4.69, 9.17) is 0 Å². The van der Waals surface area contributed by atoms with Crippen molar-refractivity contribution in [3.63, 3.8) is 0 Å². The third-order valence-electron chi connectivity index (χ3n) is 2.36. The molecule has 1 amide bonds. The molecule has 0 aromatic carbocycles. The van der Waals surface area contributed by atoms with Crippen LogP contribution in [0.25, 0.3) is 0 Å². The van der Waals surface area contributed by atoms with E-state index in [1.807, 2.05) is 6.92 Å². The van der Waals surface area contributed by atoms with Gasteiger partial charge in [-0.05, 0) is 33.2 Å². The number of hydrogen-bond acceptors (Lipinski definition) is 2. The highest BCUT2D eigenvalue weighted by atomic mass is 19.4. The van der Waals surface area contributed by atoms with Crippen LogP contribution >= 0.6 is 0 Å². The van der Waals surface area contributed by atoms with E-state index < -0.39 is 18.1 Å². The molecule has 0 bridgehead atoms. The lowest BCUT2D eigenvalue weighted by molar-refractivity contribution is -0.135. The first-order chi connectivity index (χ1) is 7.69. The van der Waals surface area contributed by atoms with E-state index in [0.717, 1.165) is 0 Å². The summed E-state index contributed by atoms with van der Waals surface area (Å²) in [4.78, 5) is 11.6. The summed E-state index contributed by atoms with van der Waals surface area (Å²) in [5.74, 6) is -0.189. The van der Waals surface area contributed by atoms with E-state index >= 15 is 0 Å². The molecule has 0 saturated carbocycles. The van der Waals surface area contributed by atoms with Gasteiger partial charge in [0.2, 0.25) is 5.91 Å². The molecule has 102 valence electrons. The van der Waals surface area contributed by atoms with Crippen molar-refractivity contribution < 1.29 is 18.0 Å². The summed E-state index contributed by atoms with van der Waals surface area (Å²) in [6, 6.07) is 0. The van der Waals surface area contributed by atoms with Crippen LogP contribution in [-0.4, -0.2) is 30.7 Å². The summed E-state index contributed by atoms with van der Waals surface area (Å²) in [6.07, 6.45) is -4.51. The van der Waals surface area contributed by atoms with Crippen LogP contribution in [0, 0.1) is 0 Å². The second kappa shape index (κ2) is 6.83. The Morgan fingerprint density at radius 2 is 1.76 bits per heavy atom. The minimum absolute atomic E-state index is 0.0470. The third-order valence-corrected chi connectivity index (χ3v) is 2.36. The maximum absolute atomic E-state index is 11.8. The van der Waals surface area contributed by atoms with Crippen LogP contribution in [0.2, 0.25) is 0 Å². The molecular weight excluding hydrogens is 233 g/mol. The normalized spacial score (nSPS) is 12.6. The number of likely N-dealkylation sites (N-methyl/N-ethyl adjacent to an activating group) is 1. The van der Waals surface area contributed by atoms with Gasteiger partial charge in [0.1, 0.15) is 0 Å². The van der Waals surface area contributed by atoms with Gasteiger partial charge in [-0.25, -0.2) is 0 Å². The molecule has 17 heavy (non-hydrogen) atoms. The summed E-state index contributed by atoms with van der Waals surface area (Å²) in [6.45, 7) is 6.31. The van der Waals surface area contributed by atoms with E-state index in [9.17, 15) is 18.0 Å². The average molecular weight is 254 g/mol. The van der Waals surface area contributed by atoms with Gasteiger partial charge >= 0.3 is 6.18 Å². The molecule has 2 N–H and O–H groups in total. The largest absolute Gasteiger partial charge is 0.389 e. The van der Waals surface area contributed by atoms with Gasteiger partial charge in [0.05, 0.1) is 5.54 Å². The monoisotopic (exact) mass is 254 g/mol. The number of amides is 1. The minimum atomic E-state index is -4.10. The average Bonchev–Trinajstić information content (AvgIpc) is 2.15. The van der Waals surface area contributed by atoms with E-state index in [-0.39, 0.29) is 18.9 Å². The Bertz CT molecular complexity index is 239. The van der Waals surface area contributed by atoms with Crippen LogP contribution in [0.5, 0.6) is 0 Å². The van der Waals surface area contributed by atoms with Crippen LogP contribution in [-0.2, 0) is 4.79 Å². The maximum Gasteiger partial charge on any atom is 0.389 e. The molecular formula is C11H21F3N2O. The van der Waals surface area contributed by atoms with Crippen LogP contribution in [0.15, 0.2) is 0 Å². The molecule has 0 aliphatic heterocycles. The molecule has 0 aromatic rings. The Morgan fingerprint density at radius 3 is 2.24 bits per heavy atom. The molecule has 0 fully saturated rings. The molecule has 0 aliphatic rings. The molecule has 0 rings (SSSR count). The minimum Gasteiger partial charge on any atom is -0.355 e. The topological polar surface area (TPSA) is 41.1 Å². The zero-order valence-corrected chi connectivity index (χ0v) is 10.6. The number of rotatable bonds is 7. The van der Waals surface area contributed by atoms with Crippen LogP contribution < -0.4 is 10.6 Å². The number of halogens is 3. The zero-order chi connectivity index (χ0) is 13.5. The van der Waals surface area contributed by atoms with E-state index in [2.05, 4.69) is 10.6 Å². The van der Waals surface area contributed by atoms with Crippen molar-refractivity contribution in [1.82, 2.24) is 10.6 Å². The summed E-state index contributed by atoms with van der Waals surface area (Å²) in [5, 5.41) is 5.62. The molecule has 0 radical (unpaired) electrons. The van der Waals surface area contributed by atoms with Gasteiger partial charge in [-0.2, -0.15) is 13.2 Å². The van der Waals surface area contributed by atoms with Gasteiger partial charge in [0, 0.05) is 13.0 Å². The Morgan fingerprint density at radius 1 is 1.18 bits per heavy atom. The lowest BCUT2D eigenvalue weighted by atomic mass is 10.0.